The first-order valence-electron chi connectivity index (χ1n) is 9.09. The van der Waals surface area contributed by atoms with E-state index in [1.54, 1.807) is 6.26 Å². The lowest BCUT2D eigenvalue weighted by molar-refractivity contribution is 0.182. The zero-order chi connectivity index (χ0) is 15.6. The van der Waals surface area contributed by atoms with E-state index < -0.39 is 0 Å². The van der Waals surface area contributed by atoms with Crippen molar-refractivity contribution in [3.63, 3.8) is 0 Å². The molecule has 3 aliphatic rings. The molecule has 22 heavy (non-hydrogen) atoms. The van der Waals surface area contributed by atoms with Crippen LogP contribution >= 0.6 is 0 Å². The summed E-state index contributed by atoms with van der Waals surface area (Å²) in [5, 5.41) is 0. The fraction of sp³-hybridized carbons (Fsp3) is 0.700. The number of ether oxygens (including phenoxy) is 2. The van der Waals surface area contributed by atoms with Crippen molar-refractivity contribution >= 4 is 0 Å². The summed E-state index contributed by atoms with van der Waals surface area (Å²) < 4.78 is 10.7. The quantitative estimate of drug-likeness (QED) is 0.583. The first-order chi connectivity index (χ1) is 10.8. The summed E-state index contributed by atoms with van der Waals surface area (Å²) in [4.78, 5) is 0. The Kier molecular flexibility index (Phi) is 7.62. The van der Waals surface area contributed by atoms with Crippen LogP contribution in [0.1, 0.15) is 70.6 Å². The van der Waals surface area contributed by atoms with Crippen LogP contribution in [0.15, 0.2) is 37.0 Å². The molecule has 0 saturated heterocycles. The molecule has 0 aromatic heterocycles. The van der Waals surface area contributed by atoms with Crippen molar-refractivity contribution in [2.45, 2.75) is 70.6 Å². The van der Waals surface area contributed by atoms with Gasteiger partial charge in [-0.25, -0.2) is 0 Å². The van der Waals surface area contributed by atoms with Crippen LogP contribution in [0.25, 0.3) is 0 Å². The molecule has 0 amide bonds. The summed E-state index contributed by atoms with van der Waals surface area (Å²) in [5.41, 5.74) is 0. The van der Waals surface area contributed by atoms with E-state index in [2.05, 4.69) is 13.2 Å². The third-order valence-corrected chi connectivity index (χ3v) is 4.98. The average molecular weight is 304 g/mol. The first kappa shape index (κ1) is 17.2. The molecule has 2 fully saturated rings. The summed E-state index contributed by atoms with van der Waals surface area (Å²) in [6.45, 7) is 9.15. The highest BCUT2D eigenvalue weighted by Crippen LogP contribution is 2.34. The van der Waals surface area contributed by atoms with E-state index in [9.17, 15) is 0 Å². The molecular formula is C20H32O2. The molecule has 1 aliphatic heterocycles. The highest BCUT2D eigenvalue weighted by Gasteiger charge is 2.22. The van der Waals surface area contributed by atoms with Gasteiger partial charge in [-0.05, 0) is 31.8 Å². The number of hydrogen-bond acceptors (Lipinski definition) is 2. The Morgan fingerprint density at radius 2 is 1.32 bits per heavy atom. The van der Waals surface area contributed by atoms with Crippen molar-refractivity contribution in [3.05, 3.63) is 37.0 Å². The summed E-state index contributed by atoms with van der Waals surface area (Å²) in [5.74, 6) is 3.15. The van der Waals surface area contributed by atoms with E-state index in [1.807, 2.05) is 6.08 Å². The predicted octanol–water partition coefficient (Wildman–Crippen LogP) is 6.11. The molecule has 0 spiro atoms. The van der Waals surface area contributed by atoms with E-state index in [-0.39, 0.29) is 0 Å². The summed E-state index contributed by atoms with van der Waals surface area (Å²) >= 11 is 0. The van der Waals surface area contributed by atoms with E-state index in [0.717, 1.165) is 24.5 Å². The van der Waals surface area contributed by atoms with Gasteiger partial charge >= 0.3 is 0 Å². The topological polar surface area (TPSA) is 18.5 Å². The Morgan fingerprint density at radius 1 is 0.818 bits per heavy atom. The maximum atomic E-state index is 5.94. The molecule has 0 atom stereocenters. The van der Waals surface area contributed by atoms with Gasteiger partial charge < -0.3 is 9.47 Å². The van der Waals surface area contributed by atoms with E-state index in [4.69, 9.17) is 9.47 Å². The second-order valence-electron chi connectivity index (χ2n) is 6.74. The molecule has 124 valence electrons. The third kappa shape index (κ3) is 5.90. The Balaban J connectivity index is 0.000000299. The second-order valence-corrected chi connectivity index (χ2v) is 6.74. The molecule has 0 bridgehead atoms. The minimum absolute atomic E-state index is 0.587. The van der Waals surface area contributed by atoms with Crippen LogP contribution in [-0.2, 0) is 9.47 Å². The Morgan fingerprint density at radius 3 is 1.64 bits per heavy atom. The molecule has 0 aromatic carbocycles. The third-order valence-electron chi connectivity index (χ3n) is 4.98. The van der Waals surface area contributed by atoms with Crippen LogP contribution in [-0.4, -0.2) is 6.61 Å². The fourth-order valence-corrected chi connectivity index (χ4v) is 3.52. The first-order valence-corrected chi connectivity index (χ1v) is 9.09. The van der Waals surface area contributed by atoms with Gasteiger partial charge in [0.1, 0.15) is 0 Å². The van der Waals surface area contributed by atoms with Crippen LogP contribution in [0, 0.1) is 11.8 Å². The number of hydrogen-bond donors (Lipinski definition) is 0. The lowest BCUT2D eigenvalue weighted by Crippen LogP contribution is -2.15. The van der Waals surface area contributed by atoms with Crippen LogP contribution in [0.3, 0.4) is 0 Å². The van der Waals surface area contributed by atoms with Gasteiger partial charge in [0.15, 0.2) is 0 Å². The lowest BCUT2D eigenvalue weighted by atomic mass is 9.87. The number of rotatable bonds is 4. The van der Waals surface area contributed by atoms with Crippen molar-refractivity contribution in [1.82, 2.24) is 0 Å². The van der Waals surface area contributed by atoms with Gasteiger partial charge in [0.25, 0.3) is 0 Å². The maximum Gasteiger partial charge on any atom is 0.0995 e. The minimum atomic E-state index is 0.587. The Hall–Kier alpha value is -1.18. The predicted molar refractivity (Wildman–Crippen MR) is 92.2 cm³/mol. The summed E-state index contributed by atoms with van der Waals surface area (Å²) in [6.07, 6.45) is 18.0. The normalized spacial score (nSPS) is 22.4. The molecule has 3 rings (SSSR count). The smallest absolute Gasteiger partial charge is 0.0995 e. The zero-order valence-electron chi connectivity index (χ0n) is 14.0. The maximum absolute atomic E-state index is 5.94. The van der Waals surface area contributed by atoms with E-state index in [0.29, 0.717) is 11.8 Å². The van der Waals surface area contributed by atoms with Crippen LogP contribution < -0.4 is 0 Å². The molecule has 0 N–H and O–H groups in total. The van der Waals surface area contributed by atoms with Gasteiger partial charge in [0.05, 0.1) is 24.4 Å². The standard InChI is InChI=1S/C16H26O.C4H6O/c1-13(15-9-5-3-6-10-15)17-14(2)16-11-7-4-8-12-16;1-2-4-5-3-1/h15-16H,1-12H2;1,3H,2,4H2. The van der Waals surface area contributed by atoms with Crippen LogP contribution in [0.5, 0.6) is 0 Å². The summed E-state index contributed by atoms with van der Waals surface area (Å²) in [6, 6.07) is 0. The molecule has 2 saturated carbocycles. The van der Waals surface area contributed by atoms with Crippen LogP contribution in [0.2, 0.25) is 0 Å². The molecule has 2 heteroatoms. The Labute approximate surface area is 136 Å². The van der Waals surface area contributed by atoms with Gasteiger partial charge in [-0.1, -0.05) is 51.7 Å². The van der Waals surface area contributed by atoms with Crippen molar-refractivity contribution < 1.29 is 9.47 Å². The molecule has 2 nitrogen and oxygen atoms in total. The van der Waals surface area contributed by atoms with Gasteiger partial charge in [-0.2, -0.15) is 0 Å². The monoisotopic (exact) mass is 304 g/mol. The average Bonchev–Trinajstić information content (AvgIpc) is 3.16. The fourth-order valence-electron chi connectivity index (χ4n) is 3.52. The van der Waals surface area contributed by atoms with Gasteiger partial charge in [-0.3, -0.25) is 0 Å². The Bertz CT molecular complexity index is 337. The van der Waals surface area contributed by atoms with E-state index >= 15 is 0 Å². The van der Waals surface area contributed by atoms with Crippen molar-refractivity contribution in [1.29, 1.82) is 0 Å². The van der Waals surface area contributed by atoms with Gasteiger partial charge in [0, 0.05) is 18.3 Å². The number of allylic oxidation sites excluding steroid dienone is 2. The highest BCUT2D eigenvalue weighted by atomic mass is 16.5. The van der Waals surface area contributed by atoms with Crippen molar-refractivity contribution in [2.75, 3.05) is 6.61 Å². The molecule has 0 radical (unpaired) electrons. The van der Waals surface area contributed by atoms with Crippen LogP contribution in [0.4, 0.5) is 0 Å². The van der Waals surface area contributed by atoms with E-state index in [1.165, 1.54) is 64.2 Å². The SMILES string of the molecule is C1=COCC1.C=C(OC(=C)C1CCCCC1)C1CCCCC1. The lowest BCUT2D eigenvalue weighted by Gasteiger charge is -2.28. The van der Waals surface area contributed by atoms with Crippen molar-refractivity contribution in [3.8, 4) is 0 Å². The zero-order valence-corrected chi connectivity index (χ0v) is 14.0. The van der Waals surface area contributed by atoms with Gasteiger partial charge in [-0.15, -0.1) is 0 Å². The summed E-state index contributed by atoms with van der Waals surface area (Å²) in [7, 11) is 0. The van der Waals surface area contributed by atoms with Crippen molar-refractivity contribution in [2.24, 2.45) is 11.8 Å². The molecule has 2 aliphatic carbocycles. The highest BCUT2D eigenvalue weighted by molar-refractivity contribution is 5.02. The molecule has 0 aromatic rings. The second kappa shape index (κ2) is 9.76. The molecule has 1 heterocycles. The van der Waals surface area contributed by atoms with Gasteiger partial charge in [0.2, 0.25) is 0 Å². The minimum Gasteiger partial charge on any atom is -0.501 e. The molecular weight excluding hydrogens is 272 g/mol. The molecule has 0 unspecified atom stereocenters. The largest absolute Gasteiger partial charge is 0.501 e.